The second kappa shape index (κ2) is 10.2. The van der Waals surface area contributed by atoms with E-state index in [-0.39, 0.29) is 9.79 Å². The predicted molar refractivity (Wildman–Crippen MR) is 133 cm³/mol. The molecule has 0 radical (unpaired) electrons. The van der Waals surface area contributed by atoms with Gasteiger partial charge >= 0.3 is 0 Å². The largest absolute Gasteiger partial charge is 0.348 e. The van der Waals surface area contributed by atoms with E-state index in [0.717, 1.165) is 10.6 Å². The van der Waals surface area contributed by atoms with Gasteiger partial charge in [-0.15, -0.1) is 0 Å². The Hall–Kier alpha value is -2.88. The Kier molecular flexibility index (Phi) is 7.70. The number of halogens is 1. The molecule has 0 aliphatic carbocycles. The fourth-order valence-electron chi connectivity index (χ4n) is 3.38. The fourth-order valence-corrected chi connectivity index (χ4v) is 5.62. The van der Waals surface area contributed by atoms with Crippen LogP contribution in [0.15, 0.2) is 82.6 Å². The molecule has 1 amide bonds. The van der Waals surface area contributed by atoms with Gasteiger partial charge in [-0.3, -0.25) is 9.10 Å². The van der Waals surface area contributed by atoms with Crippen LogP contribution >= 0.6 is 11.6 Å². The van der Waals surface area contributed by atoms with Gasteiger partial charge in [0, 0.05) is 11.3 Å². The molecule has 0 aromatic heterocycles. The Bertz CT molecular complexity index is 1390. The van der Waals surface area contributed by atoms with Crippen molar-refractivity contribution in [1.29, 1.82) is 0 Å². The summed E-state index contributed by atoms with van der Waals surface area (Å²) in [6, 6.07) is 18.3. The number of hydrogen-bond acceptors (Lipinski definition) is 5. The summed E-state index contributed by atoms with van der Waals surface area (Å²) in [6.07, 6.45) is 1.12. The number of benzene rings is 3. The molecule has 7 nitrogen and oxygen atoms in total. The molecule has 0 fully saturated rings. The van der Waals surface area contributed by atoms with Gasteiger partial charge in [-0.2, -0.15) is 0 Å². The molecule has 0 saturated carbocycles. The number of anilines is 1. The number of sulfone groups is 1. The van der Waals surface area contributed by atoms with Gasteiger partial charge in [0.1, 0.15) is 6.54 Å². The van der Waals surface area contributed by atoms with E-state index < -0.39 is 38.4 Å². The number of carbonyl (C=O) groups is 1. The molecule has 3 aromatic carbocycles. The minimum Gasteiger partial charge on any atom is -0.348 e. The quantitative estimate of drug-likeness (QED) is 0.481. The number of rotatable bonds is 8. The van der Waals surface area contributed by atoms with Crippen molar-refractivity contribution >= 4 is 43.1 Å². The maximum absolute atomic E-state index is 13.5. The topological polar surface area (TPSA) is 101 Å². The number of para-hydroxylation sites is 1. The van der Waals surface area contributed by atoms with Crippen molar-refractivity contribution in [2.75, 3.05) is 17.1 Å². The van der Waals surface area contributed by atoms with Gasteiger partial charge in [-0.1, -0.05) is 41.9 Å². The number of aryl methyl sites for hydroxylation is 1. The van der Waals surface area contributed by atoms with Gasteiger partial charge < -0.3 is 5.32 Å². The zero-order valence-electron chi connectivity index (χ0n) is 18.9. The van der Waals surface area contributed by atoms with Gasteiger partial charge in [0.15, 0.2) is 9.84 Å². The first kappa shape index (κ1) is 25.7. The second-order valence-electron chi connectivity index (χ2n) is 7.88. The molecule has 0 heterocycles. The molecule has 0 aliphatic heterocycles. The highest BCUT2D eigenvalue weighted by molar-refractivity contribution is 7.93. The van der Waals surface area contributed by atoms with Crippen LogP contribution in [0.3, 0.4) is 0 Å². The summed E-state index contributed by atoms with van der Waals surface area (Å²) in [6.45, 7) is 3.06. The van der Waals surface area contributed by atoms with Gasteiger partial charge in [0.2, 0.25) is 5.91 Å². The lowest BCUT2D eigenvalue weighted by Gasteiger charge is -2.26. The van der Waals surface area contributed by atoms with Crippen LogP contribution in [0.5, 0.6) is 0 Å². The Balaban J connectivity index is 1.87. The SMILES string of the molecule is Cc1ccccc1N(CC(=O)NC(C)c1ccc(S(C)(=O)=O)cc1)S(=O)(=O)c1ccc(Cl)cc1. The molecule has 34 heavy (non-hydrogen) atoms. The maximum Gasteiger partial charge on any atom is 0.264 e. The average Bonchev–Trinajstić information content (AvgIpc) is 2.78. The van der Waals surface area contributed by atoms with Crippen molar-refractivity contribution in [1.82, 2.24) is 5.32 Å². The lowest BCUT2D eigenvalue weighted by Crippen LogP contribution is -2.41. The summed E-state index contributed by atoms with van der Waals surface area (Å²) >= 11 is 5.91. The zero-order chi connectivity index (χ0) is 25.1. The highest BCUT2D eigenvalue weighted by Gasteiger charge is 2.28. The van der Waals surface area contributed by atoms with Crippen molar-refractivity contribution in [2.24, 2.45) is 0 Å². The maximum atomic E-state index is 13.5. The number of hydrogen-bond donors (Lipinski definition) is 1. The summed E-state index contributed by atoms with van der Waals surface area (Å²) in [4.78, 5) is 13.1. The van der Waals surface area contributed by atoms with Crippen molar-refractivity contribution in [3.63, 3.8) is 0 Å². The first-order valence-corrected chi connectivity index (χ1v) is 14.0. The molecule has 0 spiro atoms. The number of nitrogens with zero attached hydrogens (tertiary/aromatic N) is 1. The molecule has 1 unspecified atom stereocenters. The summed E-state index contributed by atoms with van der Waals surface area (Å²) in [7, 11) is -7.40. The fraction of sp³-hybridized carbons (Fsp3) is 0.208. The van der Waals surface area contributed by atoms with Crippen LogP contribution in [-0.4, -0.2) is 35.5 Å². The smallest absolute Gasteiger partial charge is 0.264 e. The lowest BCUT2D eigenvalue weighted by molar-refractivity contribution is -0.120. The van der Waals surface area contributed by atoms with E-state index in [2.05, 4.69) is 5.32 Å². The van der Waals surface area contributed by atoms with Crippen LogP contribution in [0.4, 0.5) is 5.69 Å². The van der Waals surface area contributed by atoms with E-state index >= 15 is 0 Å². The van der Waals surface area contributed by atoms with Gasteiger partial charge in [0.25, 0.3) is 10.0 Å². The molecule has 1 N–H and O–H groups in total. The third-order valence-corrected chi connectivity index (χ3v) is 8.41. The average molecular weight is 521 g/mol. The Labute approximate surface area is 205 Å². The van der Waals surface area contributed by atoms with Crippen LogP contribution in [0.25, 0.3) is 0 Å². The first-order valence-electron chi connectivity index (χ1n) is 10.3. The van der Waals surface area contributed by atoms with Gasteiger partial charge in [-0.05, 0) is 67.4 Å². The molecule has 0 saturated heterocycles. The first-order chi connectivity index (χ1) is 15.9. The second-order valence-corrected chi connectivity index (χ2v) is 12.2. The van der Waals surface area contributed by atoms with Crippen molar-refractivity contribution in [3.05, 3.63) is 88.9 Å². The molecule has 0 bridgehead atoms. The number of amides is 1. The molecule has 0 aliphatic rings. The van der Waals surface area contributed by atoms with Crippen LogP contribution in [0.2, 0.25) is 5.02 Å². The lowest BCUT2D eigenvalue weighted by atomic mass is 10.1. The van der Waals surface area contributed by atoms with Crippen LogP contribution in [-0.2, 0) is 24.7 Å². The standard InChI is InChI=1S/C24H25ClN2O5S2/c1-17-6-4-5-7-23(17)27(34(31,32)22-14-10-20(25)11-15-22)16-24(28)26-18(2)19-8-12-21(13-9-19)33(3,29)30/h4-15,18H,16H2,1-3H3,(H,26,28). The third-order valence-electron chi connectivity index (χ3n) is 5.26. The molecule has 3 aromatic rings. The summed E-state index contributed by atoms with van der Waals surface area (Å²) in [5, 5.41) is 3.19. The van der Waals surface area contributed by atoms with Crippen molar-refractivity contribution in [3.8, 4) is 0 Å². The summed E-state index contributed by atoms with van der Waals surface area (Å²) in [5.41, 5.74) is 1.76. The minimum atomic E-state index is -4.06. The van der Waals surface area contributed by atoms with Crippen LogP contribution in [0.1, 0.15) is 24.1 Å². The van der Waals surface area contributed by atoms with Crippen molar-refractivity contribution in [2.45, 2.75) is 29.7 Å². The highest BCUT2D eigenvalue weighted by atomic mass is 35.5. The number of sulfonamides is 1. The van der Waals surface area contributed by atoms with E-state index in [9.17, 15) is 21.6 Å². The minimum absolute atomic E-state index is 0.0114. The highest BCUT2D eigenvalue weighted by Crippen LogP contribution is 2.27. The number of carbonyl (C=O) groups excluding carboxylic acids is 1. The monoisotopic (exact) mass is 520 g/mol. The van der Waals surface area contributed by atoms with Crippen LogP contribution < -0.4 is 9.62 Å². The summed E-state index contributed by atoms with van der Waals surface area (Å²) in [5.74, 6) is -0.513. The molecule has 10 heteroatoms. The molecular formula is C24H25ClN2O5S2. The molecule has 180 valence electrons. The van der Waals surface area contributed by atoms with E-state index in [4.69, 9.17) is 11.6 Å². The normalized spacial score (nSPS) is 12.7. The predicted octanol–water partition coefficient (Wildman–Crippen LogP) is 4.12. The summed E-state index contributed by atoms with van der Waals surface area (Å²) < 4.78 is 51.3. The number of nitrogens with one attached hydrogen (secondary N) is 1. The van der Waals surface area contributed by atoms with E-state index in [1.165, 1.54) is 36.4 Å². The Morgan fingerprint density at radius 2 is 1.47 bits per heavy atom. The Morgan fingerprint density at radius 1 is 0.912 bits per heavy atom. The third kappa shape index (κ3) is 5.97. The van der Waals surface area contributed by atoms with E-state index in [0.29, 0.717) is 21.8 Å². The van der Waals surface area contributed by atoms with Gasteiger partial charge in [0.05, 0.1) is 21.5 Å². The van der Waals surface area contributed by atoms with E-state index in [1.54, 1.807) is 50.2 Å². The van der Waals surface area contributed by atoms with E-state index in [1.807, 2.05) is 0 Å². The Morgan fingerprint density at radius 3 is 2.03 bits per heavy atom. The van der Waals surface area contributed by atoms with Crippen LogP contribution in [0, 0.1) is 6.92 Å². The molecule has 1 atom stereocenters. The molecule has 3 rings (SSSR count). The molecular weight excluding hydrogens is 496 g/mol. The van der Waals surface area contributed by atoms with Gasteiger partial charge in [-0.25, -0.2) is 16.8 Å². The van der Waals surface area contributed by atoms with Crippen molar-refractivity contribution < 1.29 is 21.6 Å². The zero-order valence-corrected chi connectivity index (χ0v) is 21.3.